The number of nitrogens with zero attached hydrogens (tertiary/aromatic N) is 3. The molecule has 3 rings (SSSR count). The van der Waals surface area contributed by atoms with Crippen molar-refractivity contribution in [2.24, 2.45) is 0 Å². The highest BCUT2D eigenvalue weighted by Gasteiger charge is 2.29. The zero-order valence-corrected chi connectivity index (χ0v) is 17.0. The first-order valence-electron chi connectivity index (χ1n) is 9.13. The Morgan fingerprint density at radius 1 is 1.12 bits per heavy atom. The van der Waals surface area contributed by atoms with Crippen LogP contribution < -0.4 is 0 Å². The lowest BCUT2D eigenvalue weighted by Crippen LogP contribution is -2.45. The quantitative estimate of drug-likeness (QED) is 0.708. The van der Waals surface area contributed by atoms with Crippen molar-refractivity contribution in [3.8, 4) is 0 Å². The largest absolute Gasteiger partial charge is 0.326 e. The lowest BCUT2D eigenvalue weighted by molar-refractivity contribution is -0.132. The Bertz CT molecular complexity index is 558. The van der Waals surface area contributed by atoms with E-state index in [1.807, 2.05) is 11.8 Å². The molecule has 2 aliphatic rings. The molecule has 0 saturated carbocycles. The van der Waals surface area contributed by atoms with Crippen LogP contribution in [0.4, 0.5) is 0 Å². The summed E-state index contributed by atoms with van der Waals surface area (Å²) in [6, 6.07) is 8.72. The van der Waals surface area contributed by atoms with Crippen LogP contribution in [-0.2, 0) is 4.79 Å². The van der Waals surface area contributed by atoms with Crippen LogP contribution in [0.25, 0.3) is 0 Å². The molecule has 138 valence electrons. The number of thioether (sulfide) groups is 2. The van der Waals surface area contributed by atoms with Crippen molar-refractivity contribution in [2.45, 2.75) is 23.1 Å². The summed E-state index contributed by atoms with van der Waals surface area (Å²) < 4.78 is 0. The minimum Gasteiger partial charge on any atom is -0.326 e. The minimum atomic E-state index is 0.185. The van der Waals surface area contributed by atoms with Crippen molar-refractivity contribution >= 4 is 29.4 Å². The van der Waals surface area contributed by atoms with Crippen LogP contribution in [0.1, 0.15) is 23.8 Å². The van der Waals surface area contributed by atoms with Crippen LogP contribution in [0.3, 0.4) is 0 Å². The maximum atomic E-state index is 12.5. The Hall–Kier alpha value is -0.690. The van der Waals surface area contributed by atoms with Gasteiger partial charge < -0.3 is 14.7 Å². The molecule has 0 bridgehead atoms. The third-order valence-electron chi connectivity index (χ3n) is 5.07. The summed E-state index contributed by atoms with van der Waals surface area (Å²) >= 11 is 3.66. The van der Waals surface area contributed by atoms with Crippen molar-refractivity contribution in [3.05, 3.63) is 29.8 Å². The predicted octanol–water partition coefficient (Wildman–Crippen LogP) is 3.01. The molecule has 6 heteroatoms. The topological polar surface area (TPSA) is 26.8 Å². The molecule has 0 radical (unpaired) electrons. The van der Waals surface area contributed by atoms with E-state index in [9.17, 15) is 4.79 Å². The first-order valence-corrected chi connectivity index (χ1v) is 11.4. The van der Waals surface area contributed by atoms with Gasteiger partial charge in [0.2, 0.25) is 5.91 Å². The van der Waals surface area contributed by atoms with Gasteiger partial charge in [-0.15, -0.1) is 23.5 Å². The predicted molar refractivity (Wildman–Crippen MR) is 108 cm³/mol. The molecule has 0 aliphatic carbocycles. The van der Waals surface area contributed by atoms with E-state index in [0.717, 1.165) is 51.4 Å². The van der Waals surface area contributed by atoms with E-state index in [4.69, 9.17) is 0 Å². The third-order valence-corrected chi connectivity index (χ3v) is 7.09. The summed E-state index contributed by atoms with van der Waals surface area (Å²) in [7, 11) is 2.19. The molecule has 1 unspecified atom stereocenters. The lowest BCUT2D eigenvalue weighted by Gasteiger charge is -2.37. The van der Waals surface area contributed by atoms with Gasteiger partial charge in [-0.1, -0.05) is 12.1 Å². The number of carbonyl (C=O) groups is 1. The van der Waals surface area contributed by atoms with Gasteiger partial charge >= 0.3 is 0 Å². The number of hydrogen-bond donors (Lipinski definition) is 0. The molecular formula is C19H29N3OS2. The van der Waals surface area contributed by atoms with Gasteiger partial charge in [0.05, 0.1) is 0 Å². The van der Waals surface area contributed by atoms with Crippen molar-refractivity contribution in [1.29, 1.82) is 0 Å². The second-order valence-electron chi connectivity index (χ2n) is 6.83. The van der Waals surface area contributed by atoms with Crippen LogP contribution in [0.15, 0.2) is 29.2 Å². The lowest BCUT2D eigenvalue weighted by atomic mass is 10.2. The van der Waals surface area contributed by atoms with Gasteiger partial charge in [-0.3, -0.25) is 4.79 Å². The van der Waals surface area contributed by atoms with Crippen LogP contribution in [-0.4, -0.2) is 78.9 Å². The SMILES string of the molecule is CSc1ccc(C2SCCC(=O)N2CCCN2CCN(C)CC2)cc1. The second kappa shape index (κ2) is 9.31. The first-order chi connectivity index (χ1) is 12.2. The molecule has 2 saturated heterocycles. The number of rotatable bonds is 6. The molecule has 2 fully saturated rings. The standard InChI is InChI=1S/C19H29N3OS2/c1-20-11-13-21(14-12-20)9-3-10-22-18(23)8-15-25-19(22)16-4-6-17(24-2)7-5-16/h4-7,19H,3,8-15H2,1-2H3. The zero-order chi connectivity index (χ0) is 17.6. The van der Waals surface area contributed by atoms with Crippen LogP contribution in [0.2, 0.25) is 0 Å². The molecule has 2 heterocycles. The fourth-order valence-corrected chi connectivity index (χ4v) is 5.12. The number of benzene rings is 1. The van der Waals surface area contributed by atoms with Crippen LogP contribution in [0, 0.1) is 0 Å². The Labute approximate surface area is 160 Å². The number of hydrogen-bond acceptors (Lipinski definition) is 5. The smallest absolute Gasteiger partial charge is 0.224 e. The van der Waals surface area contributed by atoms with Crippen molar-refractivity contribution in [3.63, 3.8) is 0 Å². The molecule has 0 aromatic heterocycles. The summed E-state index contributed by atoms with van der Waals surface area (Å²) in [4.78, 5) is 20.8. The molecule has 1 atom stereocenters. The summed E-state index contributed by atoms with van der Waals surface area (Å²) in [6.45, 7) is 6.58. The van der Waals surface area contributed by atoms with Gasteiger partial charge in [0.1, 0.15) is 5.37 Å². The number of carbonyl (C=O) groups excluding carboxylic acids is 1. The molecule has 1 aromatic rings. The molecule has 0 spiro atoms. The Kier molecular flexibility index (Phi) is 7.10. The molecular weight excluding hydrogens is 350 g/mol. The van der Waals surface area contributed by atoms with Gasteiger partial charge in [-0.2, -0.15) is 0 Å². The Balaban J connectivity index is 1.57. The van der Waals surface area contributed by atoms with E-state index in [1.165, 1.54) is 10.5 Å². The van der Waals surface area contributed by atoms with Gasteiger partial charge in [0.25, 0.3) is 0 Å². The second-order valence-corrected chi connectivity index (χ2v) is 8.90. The molecule has 4 nitrogen and oxygen atoms in total. The maximum absolute atomic E-state index is 12.5. The molecule has 0 N–H and O–H groups in total. The number of piperazine rings is 1. The van der Waals surface area contributed by atoms with E-state index in [1.54, 1.807) is 11.8 Å². The van der Waals surface area contributed by atoms with Crippen molar-refractivity contribution < 1.29 is 4.79 Å². The highest BCUT2D eigenvalue weighted by Crippen LogP contribution is 2.37. The van der Waals surface area contributed by atoms with Crippen LogP contribution >= 0.6 is 23.5 Å². The number of amides is 1. The van der Waals surface area contributed by atoms with Crippen molar-refractivity contribution in [2.75, 3.05) is 58.3 Å². The molecule has 25 heavy (non-hydrogen) atoms. The van der Waals surface area contributed by atoms with E-state index in [-0.39, 0.29) is 5.37 Å². The molecule has 1 amide bonds. The van der Waals surface area contributed by atoms with E-state index >= 15 is 0 Å². The first kappa shape index (κ1) is 19.1. The minimum absolute atomic E-state index is 0.185. The molecule has 2 aliphatic heterocycles. The average Bonchev–Trinajstić information content (AvgIpc) is 2.65. The fraction of sp³-hybridized carbons (Fsp3) is 0.632. The fourth-order valence-electron chi connectivity index (χ4n) is 3.45. The monoisotopic (exact) mass is 379 g/mol. The van der Waals surface area contributed by atoms with Crippen molar-refractivity contribution in [1.82, 2.24) is 14.7 Å². The highest BCUT2D eigenvalue weighted by molar-refractivity contribution is 7.99. The average molecular weight is 380 g/mol. The molecule has 1 aromatic carbocycles. The van der Waals surface area contributed by atoms with Gasteiger partial charge in [0, 0.05) is 49.8 Å². The van der Waals surface area contributed by atoms with E-state index in [2.05, 4.69) is 52.3 Å². The van der Waals surface area contributed by atoms with Gasteiger partial charge in [0.15, 0.2) is 0 Å². The number of likely N-dealkylation sites (N-methyl/N-ethyl adjacent to an activating group) is 1. The van der Waals surface area contributed by atoms with Crippen LogP contribution in [0.5, 0.6) is 0 Å². The summed E-state index contributed by atoms with van der Waals surface area (Å²) in [5.41, 5.74) is 1.26. The van der Waals surface area contributed by atoms with E-state index in [0.29, 0.717) is 12.3 Å². The summed E-state index contributed by atoms with van der Waals surface area (Å²) in [6.07, 6.45) is 3.84. The Morgan fingerprint density at radius 2 is 1.84 bits per heavy atom. The van der Waals surface area contributed by atoms with Gasteiger partial charge in [-0.05, 0) is 44.0 Å². The van der Waals surface area contributed by atoms with Gasteiger partial charge in [-0.25, -0.2) is 0 Å². The summed E-state index contributed by atoms with van der Waals surface area (Å²) in [5.74, 6) is 1.25. The highest BCUT2D eigenvalue weighted by atomic mass is 32.2. The Morgan fingerprint density at radius 3 is 2.52 bits per heavy atom. The summed E-state index contributed by atoms with van der Waals surface area (Å²) in [5, 5.41) is 0.185. The van der Waals surface area contributed by atoms with E-state index < -0.39 is 0 Å². The normalized spacial score (nSPS) is 23.2. The zero-order valence-electron chi connectivity index (χ0n) is 15.3. The maximum Gasteiger partial charge on any atom is 0.224 e. The third kappa shape index (κ3) is 5.16.